The fourth-order valence-electron chi connectivity index (χ4n) is 1.88. The molecule has 0 radical (unpaired) electrons. The van der Waals surface area contributed by atoms with Crippen LogP contribution in [0.3, 0.4) is 0 Å². The molecule has 0 amide bonds. The molecule has 12 heavy (non-hydrogen) atoms. The summed E-state index contributed by atoms with van der Waals surface area (Å²) in [6.45, 7) is 3.58. The monoisotopic (exact) mass is 188 g/mol. The largest absolute Gasteiger partial charge is 0.391 e. The van der Waals surface area contributed by atoms with Crippen LogP contribution in [0.25, 0.3) is 0 Å². The van der Waals surface area contributed by atoms with E-state index >= 15 is 0 Å². The standard InChI is InChI=1S/C10H17ClO/c1-2-9(11)10(12)8-6-4-3-5-7-8/h2,8-10,12H,1,3-7H2/t9-,10+/m1/s1. The summed E-state index contributed by atoms with van der Waals surface area (Å²) in [6, 6.07) is 0. The second kappa shape index (κ2) is 4.88. The molecule has 0 aromatic rings. The highest BCUT2D eigenvalue weighted by Crippen LogP contribution is 2.29. The van der Waals surface area contributed by atoms with E-state index in [0.29, 0.717) is 5.92 Å². The van der Waals surface area contributed by atoms with Crippen molar-refractivity contribution < 1.29 is 5.11 Å². The van der Waals surface area contributed by atoms with Gasteiger partial charge < -0.3 is 5.11 Å². The molecule has 0 unspecified atom stereocenters. The highest BCUT2D eigenvalue weighted by atomic mass is 35.5. The lowest BCUT2D eigenvalue weighted by atomic mass is 9.84. The van der Waals surface area contributed by atoms with Crippen molar-refractivity contribution in [1.82, 2.24) is 0 Å². The number of aliphatic hydroxyl groups is 1. The molecule has 70 valence electrons. The van der Waals surface area contributed by atoms with Crippen LogP contribution in [-0.4, -0.2) is 16.6 Å². The summed E-state index contributed by atoms with van der Waals surface area (Å²) in [7, 11) is 0. The molecule has 2 heteroatoms. The lowest BCUT2D eigenvalue weighted by molar-refractivity contribution is 0.0901. The van der Waals surface area contributed by atoms with Gasteiger partial charge in [-0.1, -0.05) is 25.3 Å². The van der Waals surface area contributed by atoms with Crippen molar-refractivity contribution in [1.29, 1.82) is 0 Å². The molecule has 1 nitrogen and oxygen atoms in total. The van der Waals surface area contributed by atoms with Crippen molar-refractivity contribution in [3.63, 3.8) is 0 Å². The van der Waals surface area contributed by atoms with Crippen molar-refractivity contribution in [3.8, 4) is 0 Å². The summed E-state index contributed by atoms with van der Waals surface area (Å²) in [5.41, 5.74) is 0. The maximum absolute atomic E-state index is 9.74. The molecule has 0 aliphatic heterocycles. The van der Waals surface area contributed by atoms with Gasteiger partial charge in [0.2, 0.25) is 0 Å². The average molecular weight is 189 g/mol. The first kappa shape index (κ1) is 10.1. The number of alkyl halides is 1. The lowest BCUT2D eigenvalue weighted by Gasteiger charge is -2.28. The SMILES string of the molecule is C=C[C@@H](Cl)[C@@H](O)C1CCCCC1. The predicted molar refractivity (Wildman–Crippen MR) is 52.4 cm³/mol. The van der Waals surface area contributed by atoms with Gasteiger partial charge in [0, 0.05) is 0 Å². The Bertz CT molecular complexity index is 141. The van der Waals surface area contributed by atoms with Gasteiger partial charge >= 0.3 is 0 Å². The predicted octanol–water partition coefficient (Wildman–Crippen LogP) is 2.72. The fraction of sp³-hybridized carbons (Fsp3) is 0.800. The van der Waals surface area contributed by atoms with Gasteiger partial charge in [-0.05, 0) is 18.8 Å². The molecule has 1 saturated carbocycles. The molecule has 0 bridgehead atoms. The molecule has 2 atom stereocenters. The quantitative estimate of drug-likeness (QED) is 0.534. The molecule has 1 aliphatic carbocycles. The summed E-state index contributed by atoms with van der Waals surface area (Å²) in [6.07, 6.45) is 7.27. The molecule has 0 spiro atoms. The fourth-order valence-corrected chi connectivity index (χ4v) is 2.08. The van der Waals surface area contributed by atoms with Crippen molar-refractivity contribution >= 4 is 11.6 Å². The molecule has 1 N–H and O–H groups in total. The van der Waals surface area contributed by atoms with E-state index in [2.05, 4.69) is 6.58 Å². The van der Waals surface area contributed by atoms with Crippen LogP contribution in [0.2, 0.25) is 0 Å². The summed E-state index contributed by atoms with van der Waals surface area (Å²) in [5, 5.41) is 9.47. The van der Waals surface area contributed by atoms with E-state index < -0.39 is 0 Å². The van der Waals surface area contributed by atoms with Crippen LogP contribution in [0.1, 0.15) is 32.1 Å². The van der Waals surface area contributed by atoms with Crippen LogP contribution in [-0.2, 0) is 0 Å². The van der Waals surface area contributed by atoms with Gasteiger partial charge in [-0.2, -0.15) is 0 Å². The van der Waals surface area contributed by atoms with E-state index in [4.69, 9.17) is 11.6 Å². The van der Waals surface area contributed by atoms with Gasteiger partial charge in [0.1, 0.15) is 0 Å². The van der Waals surface area contributed by atoms with E-state index in [-0.39, 0.29) is 11.5 Å². The van der Waals surface area contributed by atoms with Crippen LogP contribution >= 0.6 is 11.6 Å². The van der Waals surface area contributed by atoms with Gasteiger partial charge in [0.15, 0.2) is 0 Å². The van der Waals surface area contributed by atoms with Gasteiger partial charge in [-0.3, -0.25) is 0 Å². The lowest BCUT2D eigenvalue weighted by Crippen LogP contribution is -2.30. The Kier molecular flexibility index (Phi) is 4.10. The van der Waals surface area contributed by atoms with E-state index in [0.717, 1.165) is 12.8 Å². The van der Waals surface area contributed by atoms with E-state index in [1.807, 2.05) is 0 Å². The number of aliphatic hydroxyl groups excluding tert-OH is 1. The van der Waals surface area contributed by atoms with Crippen LogP contribution in [0, 0.1) is 5.92 Å². The zero-order valence-corrected chi connectivity index (χ0v) is 8.13. The first-order valence-electron chi connectivity index (χ1n) is 4.70. The van der Waals surface area contributed by atoms with E-state index in [9.17, 15) is 5.11 Å². The molecule has 1 aliphatic rings. The number of hydrogen-bond acceptors (Lipinski definition) is 1. The van der Waals surface area contributed by atoms with Crippen molar-refractivity contribution in [2.45, 2.75) is 43.6 Å². The third-order valence-electron chi connectivity index (χ3n) is 2.68. The Morgan fingerprint density at radius 3 is 2.42 bits per heavy atom. The molecule has 0 heterocycles. The molecular weight excluding hydrogens is 172 g/mol. The molecule has 1 fully saturated rings. The van der Waals surface area contributed by atoms with E-state index in [1.54, 1.807) is 6.08 Å². The maximum atomic E-state index is 9.74. The number of hydrogen-bond donors (Lipinski definition) is 1. The minimum atomic E-state index is -0.385. The Balaban J connectivity index is 2.38. The third kappa shape index (κ3) is 2.49. The first-order chi connectivity index (χ1) is 5.75. The number of rotatable bonds is 3. The van der Waals surface area contributed by atoms with Crippen LogP contribution in [0.4, 0.5) is 0 Å². The number of halogens is 1. The molecule has 0 aromatic carbocycles. The van der Waals surface area contributed by atoms with Gasteiger partial charge in [-0.15, -0.1) is 18.2 Å². The first-order valence-corrected chi connectivity index (χ1v) is 5.14. The van der Waals surface area contributed by atoms with Crippen molar-refractivity contribution in [3.05, 3.63) is 12.7 Å². The summed E-state index contributed by atoms with van der Waals surface area (Å²) in [5.74, 6) is 0.402. The zero-order chi connectivity index (χ0) is 8.97. The minimum Gasteiger partial charge on any atom is -0.391 e. The minimum absolute atomic E-state index is 0.270. The molecule has 0 saturated heterocycles. The second-order valence-corrected chi connectivity index (χ2v) is 4.07. The topological polar surface area (TPSA) is 20.2 Å². The Morgan fingerprint density at radius 2 is 1.92 bits per heavy atom. The second-order valence-electron chi connectivity index (χ2n) is 3.57. The Labute approximate surface area is 79.4 Å². The normalized spacial score (nSPS) is 24.8. The van der Waals surface area contributed by atoms with Crippen LogP contribution in [0.15, 0.2) is 12.7 Å². The molecular formula is C10H17ClO. The zero-order valence-electron chi connectivity index (χ0n) is 7.38. The summed E-state index contributed by atoms with van der Waals surface area (Å²) < 4.78 is 0. The molecule has 1 rings (SSSR count). The van der Waals surface area contributed by atoms with Crippen LogP contribution < -0.4 is 0 Å². The molecule has 0 aromatic heterocycles. The van der Waals surface area contributed by atoms with Crippen molar-refractivity contribution in [2.24, 2.45) is 5.92 Å². The summed E-state index contributed by atoms with van der Waals surface area (Å²) >= 11 is 5.88. The van der Waals surface area contributed by atoms with Gasteiger partial charge in [-0.25, -0.2) is 0 Å². The van der Waals surface area contributed by atoms with E-state index in [1.165, 1.54) is 19.3 Å². The van der Waals surface area contributed by atoms with Gasteiger partial charge in [0.25, 0.3) is 0 Å². The van der Waals surface area contributed by atoms with Crippen molar-refractivity contribution in [2.75, 3.05) is 0 Å². The van der Waals surface area contributed by atoms with Crippen LogP contribution in [0.5, 0.6) is 0 Å². The Hall–Kier alpha value is -0.0100. The highest BCUT2D eigenvalue weighted by Gasteiger charge is 2.25. The summed E-state index contributed by atoms with van der Waals surface area (Å²) in [4.78, 5) is 0. The smallest absolute Gasteiger partial charge is 0.0775 e. The third-order valence-corrected chi connectivity index (χ3v) is 3.12. The average Bonchev–Trinajstić information content (AvgIpc) is 2.17. The maximum Gasteiger partial charge on any atom is 0.0775 e. The van der Waals surface area contributed by atoms with Gasteiger partial charge in [0.05, 0.1) is 11.5 Å². The Morgan fingerprint density at radius 1 is 1.33 bits per heavy atom. The highest BCUT2D eigenvalue weighted by molar-refractivity contribution is 6.22.